The molecule has 2 N–H and O–H groups in total. The Labute approximate surface area is 136 Å². The zero-order valence-corrected chi connectivity index (χ0v) is 13.2. The van der Waals surface area contributed by atoms with Crippen molar-refractivity contribution in [2.24, 2.45) is 0 Å². The minimum Gasteiger partial charge on any atom is -0.381 e. The number of hydrogen-bond acceptors (Lipinski definition) is 4. The molecule has 1 aliphatic heterocycles. The molecular weight excluding hydrogens is 290 g/mol. The van der Waals surface area contributed by atoms with Crippen LogP contribution in [-0.4, -0.2) is 23.6 Å². The van der Waals surface area contributed by atoms with Crippen LogP contribution in [0.4, 0.5) is 11.4 Å². The molecule has 0 bridgehead atoms. The lowest BCUT2D eigenvalue weighted by atomic mass is 10.1. The van der Waals surface area contributed by atoms with Gasteiger partial charge in [0.15, 0.2) is 0 Å². The molecule has 2 aromatic rings. The highest BCUT2D eigenvalue weighted by Crippen LogP contribution is 2.17. The fourth-order valence-corrected chi connectivity index (χ4v) is 2.63. The van der Waals surface area contributed by atoms with E-state index in [1.165, 1.54) is 0 Å². The van der Waals surface area contributed by atoms with Crippen LogP contribution in [0.3, 0.4) is 0 Å². The molecule has 5 nitrogen and oxygen atoms in total. The molecule has 0 saturated carbocycles. The predicted molar refractivity (Wildman–Crippen MR) is 90.3 cm³/mol. The third-order valence-corrected chi connectivity index (χ3v) is 3.81. The summed E-state index contributed by atoms with van der Waals surface area (Å²) in [4.78, 5) is 16.3. The zero-order valence-electron chi connectivity index (χ0n) is 13.2. The Kier molecular flexibility index (Phi) is 4.88. The van der Waals surface area contributed by atoms with Gasteiger partial charge < -0.3 is 15.4 Å². The molecule has 1 aromatic carbocycles. The van der Waals surface area contributed by atoms with Crippen LogP contribution >= 0.6 is 0 Å². The van der Waals surface area contributed by atoms with Crippen LogP contribution in [0, 0.1) is 6.92 Å². The summed E-state index contributed by atoms with van der Waals surface area (Å²) in [5.74, 6) is -0.0580. The Bertz CT molecular complexity index is 681. The van der Waals surface area contributed by atoms with Crippen LogP contribution in [0.15, 0.2) is 42.6 Å². The van der Waals surface area contributed by atoms with Gasteiger partial charge in [0.05, 0.1) is 0 Å². The molecule has 1 atom stereocenters. The monoisotopic (exact) mass is 311 g/mol. The smallest absolute Gasteiger partial charge is 0.253 e. The second-order valence-electron chi connectivity index (χ2n) is 5.73. The molecule has 1 aromatic heterocycles. The number of nitrogens with one attached hydrogen (secondary N) is 2. The number of rotatable bonds is 5. The van der Waals surface area contributed by atoms with Crippen molar-refractivity contribution in [2.45, 2.75) is 32.4 Å². The minimum atomic E-state index is -0.309. The van der Waals surface area contributed by atoms with E-state index in [-0.39, 0.29) is 12.0 Å². The molecule has 1 saturated heterocycles. The van der Waals surface area contributed by atoms with E-state index in [2.05, 4.69) is 15.6 Å². The summed E-state index contributed by atoms with van der Waals surface area (Å²) in [7, 11) is 0. The number of hydrogen-bond donors (Lipinski definition) is 2. The Morgan fingerprint density at radius 1 is 1.30 bits per heavy atom. The van der Waals surface area contributed by atoms with Gasteiger partial charge in [-0.2, -0.15) is 0 Å². The van der Waals surface area contributed by atoms with E-state index in [4.69, 9.17) is 4.74 Å². The maximum atomic E-state index is 12.1. The van der Waals surface area contributed by atoms with Crippen molar-refractivity contribution in [1.82, 2.24) is 4.98 Å². The Balaban J connectivity index is 1.59. The summed E-state index contributed by atoms with van der Waals surface area (Å²) in [6.07, 6.45) is 3.23. The molecule has 120 valence electrons. The predicted octanol–water partition coefficient (Wildman–Crippen LogP) is 3.12. The van der Waals surface area contributed by atoms with Crippen LogP contribution < -0.4 is 10.6 Å². The second kappa shape index (κ2) is 7.24. The van der Waals surface area contributed by atoms with Crippen LogP contribution in [0.2, 0.25) is 0 Å². The van der Waals surface area contributed by atoms with E-state index in [1.807, 2.05) is 43.3 Å². The van der Waals surface area contributed by atoms with Crippen molar-refractivity contribution < 1.29 is 9.53 Å². The van der Waals surface area contributed by atoms with Crippen molar-refractivity contribution in [3.63, 3.8) is 0 Å². The third-order valence-electron chi connectivity index (χ3n) is 3.81. The average molecular weight is 311 g/mol. The van der Waals surface area contributed by atoms with Gasteiger partial charge in [-0.15, -0.1) is 0 Å². The summed E-state index contributed by atoms with van der Waals surface area (Å²) in [5.41, 5.74) is 3.92. The summed E-state index contributed by atoms with van der Waals surface area (Å²) in [6, 6.07) is 11.8. The van der Waals surface area contributed by atoms with Gasteiger partial charge in [-0.05, 0) is 49.6 Å². The van der Waals surface area contributed by atoms with Crippen LogP contribution in [0.25, 0.3) is 0 Å². The van der Waals surface area contributed by atoms with Crippen LogP contribution in [-0.2, 0) is 16.1 Å². The maximum absolute atomic E-state index is 12.1. The highest BCUT2D eigenvalue weighted by Gasteiger charge is 2.23. The van der Waals surface area contributed by atoms with Crippen LogP contribution in [0.5, 0.6) is 0 Å². The van der Waals surface area contributed by atoms with Crippen molar-refractivity contribution >= 4 is 17.3 Å². The van der Waals surface area contributed by atoms with Gasteiger partial charge in [-0.3, -0.25) is 9.78 Å². The number of pyridine rings is 1. The first kappa shape index (κ1) is 15.5. The standard InChI is InChI=1S/C18H21N3O2/c1-13-10-15(7-8-19-13)20-12-14-4-2-5-16(11-14)21-18(22)17-6-3-9-23-17/h2,4-5,7-8,10-11,17H,3,6,9,12H2,1H3,(H,19,20)(H,21,22). The fraction of sp³-hybridized carbons (Fsp3) is 0.333. The summed E-state index contributed by atoms with van der Waals surface area (Å²) >= 11 is 0. The number of carbonyl (C=O) groups excluding carboxylic acids is 1. The summed E-state index contributed by atoms with van der Waals surface area (Å²) in [5, 5.41) is 6.29. The largest absolute Gasteiger partial charge is 0.381 e. The van der Waals surface area contributed by atoms with Gasteiger partial charge in [-0.1, -0.05) is 12.1 Å². The number of aryl methyl sites for hydroxylation is 1. The first-order valence-corrected chi connectivity index (χ1v) is 7.89. The lowest BCUT2D eigenvalue weighted by Gasteiger charge is -2.12. The Morgan fingerprint density at radius 3 is 3.00 bits per heavy atom. The maximum Gasteiger partial charge on any atom is 0.253 e. The number of benzene rings is 1. The number of anilines is 2. The zero-order chi connectivity index (χ0) is 16.1. The summed E-state index contributed by atoms with van der Waals surface area (Å²) < 4.78 is 5.40. The van der Waals surface area contributed by atoms with Crippen LogP contribution in [0.1, 0.15) is 24.1 Å². The van der Waals surface area contributed by atoms with Gasteiger partial charge in [-0.25, -0.2) is 0 Å². The number of aromatic nitrogens is 1. The first-order valence-electron chi connectivity index (χ1n) is 7.89. The van der Waals surface area contributed by atoms with E-state index in [0.29, 0.717) is 13.2 Å². The SMILES string of the molecule is Cc1cc(NCc2cccc(NC(=O)C3CCCO3)c2)ccn1. The minimum absolute atomic E-state index is 0.0580. The van der Waals surface area contributed by atoms with Gasteiger partial charge in [0, 0.05) is 36.4 Å². The van der Waals surface area contributed by atoms with E-state index in [1.54, 1.807) is 6.20 Å². The number of ether oxygens (including phenoxy) is 1. The van der Waals surface area contributed by atoms with Gasteiger partial charge in [0.25, 0.3) is 5.91 Å². The third kappa shape index (κ3) is 4.29. The molecule has 1 aliphatic rings. The lowest BCUT2D eigenvalue weighted by Crippen LogP contribution is -2.26. The van der Waals surface area contributed by atoms with E-state index in [9.17, 15) is 4.79 Å². The topological polar surface area (TPSA) is 63.2 Å². The molecule has 3 rings (SSSR count). The molecule has 23 heavy (non-hydrogen) atoms. The van der Waals surface area contributed by atoms with Crippen molar-refractivity contribution in [1.29, 1.82) is 0 Å². The first-order chi connectivity index (χ1) is 11.2. The molecule has 0 radical (unpaired) electrons. The highest BCUT2D eigenvalue weighted by atomic mass is 16.5. The quantitative estimate of drug-likeness (QED) is 0.890. The van der Waals surface area contributed by atoms with E-state index >= 15 is 0 Å². The molecule has 1 unspecified atom stereocenters. The molecule has 0 aliphatic carbocycles. The van der Waals surface area contributed by atoms with E-state index in [0.717, 1.165) is 35.5 Å². The molecule has 5 heteroatoms. The summed E-state index contributed by atoms with van der Waals surface area (Å²) in [6.45, 7) is 3.33. The van der Waals surface area contributed by atoms with Gasteiger partial charge >= 0.3 is 0 Å². The molecule has 2 heterocycles. The lowest BCUT2D eigenvalue weighted by molar-refractivity contribution is -0.124. The second-order valence-corrected chi connectivity index (χ2v) is 5.73. The molecular formula is C18H21N3O2. The number of carbonyl (C=O) groups is 1. The highest BCUT2D eigenvalue weighted by molar-refractivity contribution is 5.94. The van der Waals surface area contributed by atoms with Crippen molar-refractivity contribution in [3.05, 3.63) is 53.9 Å². The normalized spacial score (nSPS) is 17.0. The fourth-order valence-electron chi connectivity index (χ4n) is 2.63. The van der Waals surface area contributed by atoms with Gasteiger partial charge in [0.1, 0.15) is 6.10 Å². The number of nitrogens with zero attached hydrogens (tertiary/aromatic N) is 1. The Morgan fingerprint density at radius 2 is 2.22 bits per heavy atom. The number of amides is 1. The Hall–Kier alpha value is -2.40. The van der Waals surface area contributed by atoms with Crippen molar-refractivity contribution in [3.8, 4) is 0 Å². The molecule has 0 spiro atoms. The molecule has 1 amide bonds. The average Bonchev–Trinajstić information content (AvgIpc) is 3.08. The van der Waals surface area contributed by atoms with E-state index < -0.39 is 0 Å². The molecule has 1 fully saturated rings. The van der Waals surface area contributed by atoms with Gasteiger partial charge in [0.2, 0.25) is 0 Å². The van der Waals surface area contributed by atoms with Crippen molar-refractivity contribution in [2.75, 3.05) is 17.2 Å².